The average Bonchev–Trinajstić information content (AvgIpc) is 2.07. The highest BCUT2D eigenvalue weighted by atomic mass is 19.1. The van der Waals surface area contributed by atoms with Crippen LogP contribution in [0.25, 0.3) is 0 Å². The smallest absolute Gasteiger partial charge is 0.146 e. The van der Waals surface area contributed by atoms with E-state index in [2.05, 4.69) is 32.6 Å². The van der Waals surface area contributed by atoms with E-state index < -0.39 is 0 Å². The van der Waals surface area contributed by atoms with E-state index in [0.29, 0.717) is 17.8 Å². The number of halogens is 1. The molecule has 2 heteroatoms. The Balaban J connectivity index is 3.05. The van der Waals surface area contributed by atoms with E-state index in [4.69, 9.17) is 0 Å². The van der Waals surface area contributed by atoms with Crippen LogP contribution >= 0.6 is 0 Å². The maximum Gasteiger partial charge on any atom is 0.146 e. The van der Waals surface area contributed by atoms with Crippen LogP contribution in [0.5, 0.6) is 0 Å². The van der Waals surface area contributed by atoms with Crippen LogP contribution in [-0.4, -0.2) is 12.1 Å². The molecule has 0 aliphatic heterocycles. The first-order valence-corrected chi connectivity index (χ1v) is 5.07. The Labute approximate surface area is 85.5 Å². The average molecular weight is 195 g/mol. The molecule has 1 rings (SSSR count). The molecule has 1 aromatic carbocycles. The van der Waals surface area contributed by atoms with Gasteiger partial charge in [0.1, 0.15) is 5.82 Å². The predicted octanol–water partition coefficient (Wildman–Crippen LogP) is 3.45. The fourth-order valence-electron chi connectivity index (χ4n) is 1.81. The van der Waals surface area contributed by atoms with Crippen molar-refractivity contribution in [2.24, 2.45) is 0 Å². The molecule has 0 bridgehead atoms. The van der Waals surface area contributed by atoms with Crippen LogP contribution in [0, 0.1) is 5.82 Å². The second-order valence-electron chi connectivity index (χ2n) is 4.05. The van der Waals surface area contributed by atoms with Crippen molar-refractivity contribution in [1.29, 1.82) is 0 Å². The van der Waals surface area contributed by atoms with E-state index >= 15 is 0 Å². The fourth-order valence-corrected chi connectivity index (χ4v) is 1.81. The van der Waals surface area contributed by atoms with Crippen LogP contribution in [0.1, 0.15) is 27.7 Å². The minimum absolute atomic E-state index is 0.144. The molecule has 1 aromatic rings. The molecule has 0 atom stereocenters. The van der Waals surface area contributed by atoms with Crippen molar-refractivity contribution in [3.8, 4) is 0 Å². The molecule has 0 aliphatic rings. The van der Waals surface area contributed by atoms with Gasteiger partial charge in [-0.1, -0.05) is 12.1 Å². The van der Waals surface area contributed by atoms with E-state index in [0.717, 1.165) is 0 Å². The van der Waals surface area contributed by atoms with Crippen LogP contribution in [0.3, 0.4) is 0 Å². The van der Waals surface area contributed by atoms with Crippen molar-refractivity contribution in [1.82, 2.24) is 0 Å². The molecule has 0 aromatic heterocycles. The molecule has 14 heavy (non-hydrogen) atoms. The zero-order valence-electron chi connectivity index (χ0n) is 9.29. The lowest BCUT2D eigenvalue weighted by Gasteiger charge is -2.33. The quantitative estimate of drug-likeness (QED) is 0.714. The highest BCUT2D eigenvalue weighted by Gasteiger charge is 2.16. The molecule has 0 heterocycles. The van der Waals surface area contributed by atoms with Gasteiger partial charge in [-0.3, -0.25) is 0 Å². The Morgan fingerprint density at radius 2 is 1.50 bits per heavy atom. The third kappa shape index (κ3) is 2.25. The summed E-state index contributed by atoms with van der Waals surface area (Å²) in [4.78, 5) is 2.08. The molecule has 1 nitrogen and oxygen atoms in total. The summed E-state index contributed by atoms with van der Waals surface area (Å²) in [6, 6.07) is 7.55. The normalized spacial score (nSPS) is 11.1. The molecule has 0 unspecified atom stereocenters. The van der Waals surface area contributed by atoms with Crippen molar-refractivity contribution in [2.75, 3.05) is 4.90 Å². The van der Waals surface area contributed by atoms with E-state index in [1.165, 1.54) is 6.07 Å². The zero-order valence-corrected chi connectivity index (χ0v) is 9.29. The van der Waals surface area contributed by atoms with Gasteiger partial charge in [0.2, 0.25) is 0 Å². The summed E-state index contributed by atoms with van der Waals surface area (Å²) < 4.78 is 13.5. The molecular weight excluding hydrogens is 177 g/mol. The number of hydrogen-bond donors (Lipinski definition) is 0. The van der Waals surface area contributed by atoms with Crippen molar-refractivity contribution in [3.05, 3.63) is 30.1 Å². The summed E-state index contributed by atoms with van der Waals surface area (Å²) in [6.45, 7) is 8.30. The Bertz CT molecular complexity index is 286. The summed E-state index contributed by atoms with van der Waals surface area (Å²) in [5.74, 6) is -0.144. The van der Waals surface area contributed by atoms with Gasteiger partial charge in [0, 0.05) is 12.1 Å². The second-order valence-corrected chi connectivity index (χ2v) is 4.05. The van der Waals surface area contributed by atoms with E-state index in [1.807, 2.05) is 12.1 Å². The number of nitrogens with zero attached hydrogens (tertiary/aromatic N) is 1. The summed E-state index contributed by atoms with van der Waals surface area (Å²) in [5.41, 5.74) is 0.692. The molecule has 0 aliphatic carbocycles. The topological polar surface area (TPSA) is 3.24 Å². The molecule has 0 saturated heterocycles. The molecule has 0 N–H and O–H groups in total. The summed E-state index contributed by atoms with van der Waals surface area (Å²) in [7, 11) is 0. The Hall–Kier alpha value is -1.05. The Morgan fingerprint density at radius 1 is 1.00 bits per heavy atom. The van der Waals surface area contributed by atoms with Gasteiger partial charge in [-0.2, -0.15) is 0 Å². The Morgan fingerprint density at radius 3 is 1.93 bits per heavy atom. The van der Waals surface area contributed by atoms with Crippen molar-refractivity contribution in [3.63, 3.8) is 0 Å². The monoisotopic (exact) mass is 195 g/mol. The van der Waals surface area contributed by atoms with Gasteiger partial charge in [0.25, 0.3) is 0 Å². The lowest BCUT2D eigenvalue weighted by molar-refractivity contribution is 0.567. The Kier molecular flexibility index (Phi) is 3.50. The highest BCUT2D eigenvalue weighted by Crippen LogP contribution is 2.22. The summed E-state index contributed by atoms with van der Waals surface area (Å²) in [6.07, 6.45) is 0. The van der Waals surface area contributed by atoms with Crippen LogP contribution in [-0.2, 0) is 0 Å². The maximum absolute atomic E-state index is 13.5. The van der Waals surface area contributed by atoms with Crippen LogP contribution in [0.15, 0.2) is 24.3 Å². The van der Waals surface area contributed by atoms with E-state index in [-0.39, 0.29) is 5.82 Å². The number of anilines is 1. The molecule has 0 fully saturated rings. The van der Waals surface area contributed by atoms with Gasteiger partial charge in [-0.15, -0.1) is 0 Å². The van der Waals surface area contributed by atoms with Gasteiger partial charge in [-0.25, -0.2) is 4.39 Å². The molecule has 0 radical (unpaired) electrons. The van der Waals surface area contributed by atoms with Crippen molar-refractivity contribution < 1.29 is 4.39 Å². The molecule has 0 amide bonds. The summed E-state index contributed by atoms with van der Waals surface area (Å²) in [5, 5.41) is 0. The lowest BCUT2D eigenvalue weighted by atomic mass is 10.2. The van der Waals surface area contributed by atoms with E-state index in [9.17, 15) is 4.39 Å². The van der Waals surface area contributed by atoms with Crippen LogP contribution in [0.2, 0.25) is 0 Å². The van der Waals surface area contributed by atoms with Gasteiger partial charge < -0.3 is 4.90 Å². The largest absolute Gasteiger partial charge is 0.364 e. The molecular formula is C12H18FN. The number of para-hydroxylation sites is 1. The maximum atomic E-state index is 13.5. The minimum Gasteiger partial charge on any atom is -0.364 e. The van der Waals surface area contributed by atoms with Crippen LogP contribution in [0.4, 0.5) is 10.1 Å². The SMILES string of the molecule is CC(C)N(c1ccccc1F)C(C)C. The zero-order chi connectivity index (χ0) is 10.7. The second kappa shape index (κ2) is 4.45. The molecule has 0 saturated carbocycles. The highest BCUT2D eigenvalue weighted by molar-refractivity contribution is 5.49. The van der Waals surface area contributed by atoms with E-state index in [1.54, 1.807) is 6.07 Å². The predicted molar refractivity (Wildman–Crippen MR) is 59.2 cm³/mol. The molecule has 78 valence electrons. The third-order valence-corrected chi connectivity index (χ3v) is 2.24. The standard InChI is InChI=1S/C12H18FN/c1-9(2)14(10(3)4)12-8-6-5-7-11(12)13/h5-10H,1-4H3. The number of hydrogen-bond acceptors (Lipinski definition) is 1. The molecule has 0 spiro atoms. The van der Waals surface area contributed by atoms with Crippen LogP contribution < -0.4 is 4.90 Å². The number of rotatable bonds is 3. The first-order valence-electron chi connectivity index (χ1n) is 5.07. The minimum atomic E-state index is -0.144. The van der Waals surface area contributed by atoms with Gasteiger partial charge in [0.15, 0.2) is 0 Å². The van der Waals surface area contributed by atoms with Gasteiger partial charge >= 0.3 is 0 Å². The summed E-state index contributed by atoms with van der Waals surface area (Å²) >= 11 is 0. The van der Waals surface area contributed by atoms with Crippen molar-refractivity contribution >= 4 is 5.69 Å². The fraction of sp³-hybridized carbons (Fsp3) is 0.500. The van der Waals surface area contributed by atoms with Crippen molar-refractivity contribution in [2.45, 2.75) is 39.8 Å². The first-order chi connectivity index (χ1) is 6.54. The lowest BCUT2D eigenvalue weighted by Crippen LogP contribution is -2.37. The third-order valence-electron chi connectivity index (χ3n) is 2.24. The van der Waals surface area contributed by atoms with Gasteiger partial charge in [-0.05, 0) is 39.8 Å². The van der Waals surface area contributed by atoms with Gasteiger partial charge in [0.05, 0.1) is 5.69 Å². The first kappa shape index (κ1) is 11.0. The number of benzene rings is 1.